The Labute approximate surface area is 121 Å². The van der Waals surface area contributed by atoms with Crippen molar-refractivity contribution < 1.29 is 14.0 Å². The molecular weight excluding hydrogens is 280 g/mol. The summed E-state index contributed by atoms with van der Waals surface area (Å²) in [4.78, 5) is 0. The molecule has 106 valence electrons. The third-order valence-corrected chi connectivity index (χ3v) is 3.58. The van der Waals surface area contributed by atoms with Gasteiger partial charge in [0.05, 0.1) is 16.4 Å². The lowest BCUT2D eigenvalue weighted by molar-refractivity contribution is 0.171. The lowest BCUT2D eigenvalue weighted by Crippen LogP contribution is -2.15. The molecule has 0 unspecified atom stereocenters. The summed E-state index contributed by atoms with van der Waals surface area (Å²) in [6.45, 7) is 5.51. The molecule has 0 saturated heterocycles. The molecule has 3 rings (SSSR count). The minimum atomic E-state index is 0.551. The van der Waals surface area contributed by atoms with Crippen LogP contribution in [0.5, 0.6) is 11.5 Å². The molecule has 6 heteroatoms. The Hall–Kier alpha value is -1.88. The number of fused-ring (bicyclic) bond motifs is 1. The summed E-state index contributed by atoms with van der Waals surface area (Å²) in [5.74, 6) is 2.20. The molecule has 0 fully saturated rings. The number of aryl methyl sites for hydroxylation is 2. The molecule has 1 aliphatic rings. The first-order valence-corrected chi connectivity index (χ1v) is 6.77. The van der Waals surface area contributed by atoms with Gasteiger partial charge in [0.25, 0.3) is 0 Å². The van der Waals surface area contributed by atoms with E-state index >= 15 is 0 Å². The van der Waals surface area contributed by atoms with Crippen LogP contribution in [-0.4, -0.2) is 18.4 Å². The van der Waals surface area contributed by atoms with Crippen LogP contribution in [0.4, 0.5) is 5.69 Å². The summed E-state index contributed by atoms with van der Waals surface area (Å²) in [5, 5.41) is 7.81. The molecule has 5 nitrogen and oxygen atoms in total. The normalized spacial score (nSPS) is 13.3. The van der Waals surface area contributed by atoms with Gasteiger partial charge in [0.2, 0.25) is 0 Å². The minimum absolute atomic E-state index is 0.551. The summed E-state index contributed by atoms with van der Waals surface area (Å²) < 4.78 is 16.2. The van der Waals surface area contributed by atoms with Gasteiger partial charge < -0.3 is 19.3 Å². The molecule has 1 aliphatic heterocycles. The molecule has 1 aromatic carbocycles. The van der Waals surface area contributed by atoms with Gasteiger partial charge in [-0.2, -0.15) is 0 Å². The van der Waals surface area contributed by atoms with Gasteiger partial charge >= 0.3 is 0 Å². The van der Waals surface area contributed by atoms with Crippen molar-refractivity contribution in [2.24, 2.45) is 0 Å². The molecule has 0 atom stereocenters. The number of benzene rings is 1. The average molecular weight is 295 g/mol. The smallest absolute Gasteiger partial charge is 0.163 e. The van der Waals surface area contributed by atoms with E-state index in [1.807, 2.05) is 19.9 Å². The molecule has 2 aromatic rings. The average Bonchev–Trinajstić information content (AvgIpc) is 2.76. The predicted molar refractivity (Wildman–Crippen MR) is 75.7 cm³/mol. The summed E-state index contributed by atoms with van der Waals surface area (Å²) in [5.41, 5.74) is 2.72. The van der Waals surface area contributed by atoms with Crippen molar-refractivity contribution in [3.05, 3.63) is 34.2 Å². The second kappa shape index (κ2) is 5.25. The van der Waals surface area contributed by atoms with E-state index in [-0.39, 0.29) is 0 Å². The molecule has 0 bridgehead atoms. The second-order valence-electron chi connectivity index (χ2n) is 4.63. The van der Waals surface area contributed by atoms with E-state index in [1.54, 1.807) is 6.07 Å². The second-order valence-corrected chi connectivity index (χ2v) is 5.04. The quantitative estimate of drug-likeness (QED) is 0.941. The maximum atomic E-state index is 6.24. The van der Waals surface area contributed by atoms with Gasteiger partial charge in [0.1, 0.15) is 19.0 Å². The molecule has 20 heavy (non-hydrogen) atoms. The van der Waals surface area contributed by atoms with Crippen LogP contribution < -0.4 is 14.8 Å². The van der Waals surface area contributed by atoms with Crippen LogP contribution in [-0.2, 0) is 6.54 Å². The van der Waals surface area contributed by atoms with Gasteiger partial charge in [-0.1, -0.05) is 16.8 Å². The van der Waals surface area contributed by atoms with Gasteiger partial charge in [0, 0.05) is 24.2 Å². The number of ether oxygens (including phenoxy) is 2. The Morgan fingerprint density at radius 3 is 2.55 bits per heavy atom. The van der Waals surface area contributed by atoms with Crippen molar-refractivity contribution >= 4 is 17.3 Å². The van der Waals surface area contributed by atoms with Crippen molar-refractivity contribution in [2.45, 2.75) is 20.4 Å². The maximum Gasteiger partial charge on any atom is 0.163 e. The van der Waals surface area contributed by atoms with E-state index in [1.165, 1.54) is 0 Å². The first kappa shape index (κ1) is 13.1. The van der Waals surface area contributed by atoms with Gasteiger partial charge in [0.15, 0.2) is 11.5 Å². The topological polar surface area (TPSA) is 56.5 Å². The molecule has 1 N–H and O–H groups in total. The SMILES string of the molecule is Cc1noc(C)c1CNc1cc2c(cc1Cl)OCCO2. The van der Waals surface area contributed by atoms with E-state index in [2.05, 4.69) is 10.5 Å². The number of rotatable bonds is 3. The molecular formula is C14H15ClN2O3. The third-order valence-electron chi connectivity index (χ3n) is 3.27. The highest BCUT2D eigenvalue weighted by Gasteiger charge is 2.16. The number of anilines is 1. The van der Waals surface area contributed by atoms with Gasteiger partial charge in [-0.3, -0.25) is 0 Å². The highest BCUT2D eigenvalue weighted by molar-refractivity contribution is 6.33. The van der Waals surface area contributed by atoms with E-state index in [4.69, 9.17) is 25.6 Å². The molecule has 2 heterocycles. The lowest BCUT2D eigenvalue weighted by atomic mass is 10.2. The molecule has 0 amide bonds. The number of aromatic nitrogens is 1. The van der Waals surface area contributed by atoms with Crippen LogP contribution >= 0.6 is 11.6 Å². The molecule has 0 spiro atoms. The maximum absolute atomic E-state index is 6.24. The van der Waals surface area contributed by atoms with Gasteiger partial charge in [-0.15, -0.1) is 0 Å². The highest BCUT2D eigenvalue weighted by atomic mass is 35.5. The number of nitrogens with one attached hydrogen (secondary N) is 1. The largest absolute Gasteiger partial charge is 0.486 e. The zero-order valence-electron chi connectivity index (χ0n) is 11.3. The van der Waals surface area contributed by atoms with Gasteiger partial charge in [-0.05, 0) is 13.8 Å². The number of hydrogen-bond acceptors (Lipinski definition) is 5. The van der Waals surface area contributed by atoms with E-state index in [0.29, 0.717) is 36.3 Å². The van der Waals surface area contributed by atoms with Crippen molar-refractivity contribution in [3.8, 4) is 11.5 Å². The number of halogens is 1. The van der Waals surface area contributed by atoms with Crippen molar-refractivity contribution in [1.82, 2.24) is 5.16 Å². The van der Waals surface area contributed by atoms with Crippen LogP contribution in [0.3, 0.4) is 0 Å². The fraction of sp³-hybridized carbons (Fsp3) is 0.357. The molecule has 0 aliphatic carbocycles. The Bertz CT molecular complexity index is 620. The predicted octanol–water partition coefficient (Wildman–Crippen LogP) is 3.33. The zero-order chi connectivity index (χ0) is 14.1. The van der Waals surface area contributed by atoms with Crippen molar-refractivity contribution in [1.29, 1.82) is 0 Å². The molecule has 1 aromatic heterocycles. The first-order valence-electron chi connectivity index (χ1n) is 6.40. The van der Waals surface area contributed by atoms with E-state index in [9.17, 15) is 0 Å². The Morgan fingerprint density at radius 2 is 1.90 bits per heavy atom. The Balaban J connectivity index is 1.81. The summed E-state index contributed by atoms with van der Waals surface area (Å²) in [6.07, 6.45) is 0. The third kappa shape index (κ3) is 2.41. The summed E-state index contributed by atoms with van der Waals surface area (Å²) >= 11 is 6.24. The van der Waals surface area contributed by atoms with Crippen LogP contribution in [0.1, 0.15) is 17.0 Å². The molecule has 0 saturated carbocycles. The number of hydrogen-bond donors (Lipinski definition) is 1. The summed E-state index contributed by atoms with van der Waals surface area (Å²) in [7, 11) is 0. The van der Waals surface area contributed by atoms with Crippen molar-refractivity contribution in [2.75, 3.05) is 18.5 Å². The Morgan fingerprint density at radius 1 is 1.20 bits per heavy atom. The van der Waals surface area contributed by atoms with Crippen LogP contribution in [0.2, 0.25) is 5.02 Å². The monoisotopic (exact) mass is 294 g/mol. The number of nitrogens with zero attached hydrogens (tertiary/aromatic N) is 1. The fourth-order valence-electron chi connectivity index (χ4n) is 2.14. The lowest BCUT2D eigenvalue weighted by Gasteiger charge is -2.20. The van der Waals surface area contributed by atoms with Gasteiger partial charge in [-0.25, -0.2) is 0 Å². The first-order chi connectivity index (χ1) is 9.65. The van der Waals surface area contributed by atoms with Crippen LogP contribution in [0, 0.1) is 13.8 Å². The zero-order valence-corrected chi connectivity index (χ0v) is 12.1. The summed E-state index contributed by atoms with van der Waals surface area (Å²) in [6, 6.07) is 3.63. The standard InChI is InChI=1S/C14H15ClN2O3/c1-8-10(9(2)20-17-8)7-16-12-6-14-13(5-11(12)15)18-3-4-19-14/h5-6,16H,3-4,7H2,1-2H3. The van der Waals surface area contributed by atoms with Crippen LogP contribution in [0.15, 0.2) is 16.7 Å². The Kier molecular flexibility index (Phi) is 3.44. The fourth-order valence-corrected chi connectivity index (χ4v) is 2.36. The van der Waals surface area contributed by atoms with E-state index < -0.39 is 0 Å². The van der Waals surface area contributed by atoms with Crippen LogP contribution in [0.25, 0.3) is 0 Å². The molecule has 0 radical (unpaired) electrons. The minimum Gasteiger partial charge on any atom is -0.486 e. The van der Waals surface area contributed by atoms with Crippen molar-refractivity contribution in [3.63, 3.8) is 0 Å². The highest BCUT2D eigenvalue weighted by Crippen LogP contribution is 2.38. The van der Waals surface area contributed by atoms with E-state index in [0.717, 1.165) is 22.7 Å².